The maximum absolute atomic E-state index is 10.2. The second kappa shape index (κ2) is 7.65. The summed E-state index contributed by atoms with van der Waals surface area (Å²) in [6, 6.07) is 11.6. The fraction of sp³-hybridized carbons (Fsp3) is 0.455. The first-order chi connectivity index (χ1) is 13.8. The number of likely N-dealkylation sites (tertiary alicyclic amines) is 1. The lowest BCUT2D eigenvalue weighted by Gasteiger charge is -2.37. The normalized spacial score (nSPS) is 23.3. The molecule has 0 spiro atoms. The number of rotatable bonds is 2. The Kier molecular flexibility index (Phi) is 5.19. The van der Waals surface area contributed by atoms with Crippen LogP contribution in [0.3, 0.4) is 0 Å². The molecule has 1 aliphatic carbocycles. The molecule has 5 N–H and O–H groups in total. The van der Waals surface area contributed by atoms with Crippen molar-refractivity contribution in [1.29, 1.82) is 10.8 Å². The molecule has 0 bridgehead atoms. The van der Waals surface area contributed by atoms with Crippen molar-refractivity contribution in [2.45, 2.75) is 50.4 Å². The van der Waals surface area contributed by atoms with Crippen LogP contribution in [0.4, 0.5) is 0 Å². The summed E-state index contributed by atoms with van der Waals surface area (Å²) >= 11 is 0. The molecule has 1 aromatic heterocycles. The number of nitrogens with one attached hydrogen (secondary N) is 2. The van der Waals surface area contributed by atoms with E-state index in [1.165, 1.54) is 4.57 Å². The van der Waals surface area contributed by atoms with Gasteiger partial charge in [0.25, 0.3) is 0 Å². The number of pyridine rings is 1. The Labute approximate surface area is 170 Å². The highest BCUT2D eigenvalue weighted by Crippen LogP contribution is 2.37. The summed E-state index contributed by atoms with van der Waals surface area (Å²) in [6.07, 6.45) is 4.54. The number of hydrogen-bond donors (Lipinski definition) is 4. The summed E-state index contributed by atoms with van der Waals surface area (Å²) < 4.78 is 7.82. The van der Waals surface area contributed by atoms with Crippen LogP contribution >= 0.6 is 0 Å². The number of hydrogen-bond acceptors (Lipinski definition) is 5. The Morgan fingerprint density at radius 1 is 1.14 bits per heavy atom. The highest BCUT2D eigenvalue weighted by molar-refractivity contribution is 5.79. The van der Waals surface area contributed by atoms with E-state index in [9.17, 15) is 5.11 Å². The molecule has 2 heterocycles. The molecule has 1 aromatic carbocycles. The smallest absolute Gasteiger partial charge is 0.203 e. The van der Waals surface area contributed by atoms with Crippen molar-refractivity contribution in [2.75, 3.05) is 13.1 Å². The molecular formula is C22H29N5O2. The number of nitrogens with two attached hydrogens (primary N) is 1. The average molecular weight is 396 g/mol. The Morgan fingerprint density at radius 2 is 1.83 bits per heavy atom. The second-order valence-electron chi connectivity index (χ2n) is 8.35. The molecule has 0 saturated carbocycles. The molecule has 1 aliphatic heterocycles. The first kappa shape index (κ1) is 19.7. The highest BCUT2D eigenvalue weighted by atomic mass is 16.5. The molecule has 7 heteroatoms. The average Bonchev–Trinajstić information content (AvgIpc) is 2.71. The molecule has 0 unspecified atom stereocenters. The van der Waals surface area contributed by atoms with Gasteiger partial charge in [-0.25, -0.2) is 0 Å². The lowest BCUT2D eigenvalue weighted by molar-refractivity contribution is 0.00909. The van der Waals surface area contributed by atoms with Crippen LogP contribution in [-0.2, 0) is 0 Å². The van der Waals surface area contributed by atoms with Crippen LogP contribution in [0.2, 0.25) is 0 Å². The maximum atomic E-state index is 10.2. The Bertz CT molecular complexity index is 958. The standard InChI is InChI=1S/C22H29N5O2/c1-22(28)10-12-26(13-11-22)21(25)27-14-15(6-9-20(27)24)29-19-8-7-18(23)16-4-2-3-5-17(16)19/h2-6,9,14,18-19,24-25,28H,7-8,10-13,23H2,1H3/t18-,19+/m0/s1. The van der Waals surface area contributed by atoms with Gasteiger partial charge in [0.15, 0.2) is 0 Å². The molecule has 154 valence electrons. The van der Waals surface area contributed by atoms with Crippen LogP contribution in [0.25, 0.3) is 0 Å². The van der Waals surface area contributed by atoms with Crippen molar-refractivity contribution in [3.05, 3.63) is 59.2 Å². The largest absolute Gasteiger partial charge is 0.484 e. The van der Waals surface area contributed by atoms with Crippen LogP contribution in [0.5, 0.6) is 5.75 Å². The van der Waals surface area contributed by atoms with Crippen molar-refractivity contribution in [3.63, 3.8) is 0 Å². The van der Waals surface area contributed by atoms with Crippen molar-refractivity contribution >= 4 is 5.96 Å². The zero-order valence-corrected chi connectivity index (χ0v) is 16.8. The third-order valence-electron chi connectivity index (χ3n) is 6.05. The first-order valence-electron chi connectivity index (χ1n) is 10.2. The van der Waals surface area contributed by atoms with Gasteiger partial charge in [0, 0.05) is 19.1 Å². The maximum Gasteiger partial charge on any atom is 0.203 e. The number of fused-ring (bicyclic) bond motifs is 1. The van der Waals surface area contributed by atoms with Gasteiger partial charge in [-0.2, -0.15) is 0 Å². The summed E-state index contributed by atoms with van der Waals surface area (Å²) in [6.45, 7) is 3.02. The van der Waals surface area contributed by atoms with Crippen molar-refractivity contribution in [1.82, 2.24) is 9.47 Å². The van der Waals surface area contributed by atoms with Crippen LogP contribution < -0.4 is 16.0 Å². The lowest BCUT2D eigenvalue weighted by Crippen LogP contribution is -2.48. The van der Waals surface area contributed by atoms with Crippen LogP contribution in [0, 0.1) is 10.8 Å². The van der Waals surface area contributed by atoms with E-state index in [4.69, 9.17) is 21.3 Å². The van der Waals surface area contributed by atoms with Crippen LogP contribution in [0.15, 0.2) is 42.6 Å². The topological polar surface area (TPSA) is 111 Å². The summed E-state index contributed by atoms with van der Waals surface area (Å²) in [5, 5.41) is 27.0. The summed E-state index contributed by atoms with van der Waals surface area (Å²) in [4.78, 5) is 1.90. The second-order valence-corrected chi connectivity index (χ2v) is 8.35. The van der Waals surface area contributed by atoms with Gasteiger partial charge >= 0.3 is 0 Å². The molecule has 7 nitrogen and oxygen atoms in total. The van der Waals surface area contributed by atoms with E-state index < -0.39 is 5.60 Å². The quantitative estimate of drug-likeness (QED) is 0.462. The monoisotopic (exact) mass is 395 g/mol. The van der Waals surface area contributed by atoms with Crippen LogP contribution in [-0.4, -0.2) is 39.2 Å². The Morgan fingerprint density at radius 3 is 2.55 bits per heavy atom. The van der Waals surface area contributed by atoms with Crippen molar-refractivity contribution < 1.29 is 9.84 Å². The number of nitrogens with zero attached hydrogens (tertiary/aromatic N) is 2. The zero-order valence-electron chi connectivity index (χ0n) is 16.8. The number of aromatic nitrogens is 1. The predicted molar refractivity (Wildman–Crippen MR) is 111 cm³/mol. The minimum atomic E-state index is -0.675. The Hall–Kier alpha value is -2.64. The molecule has 1 saturated heterocycles. The predicted octanol–water partition coefficient (Wildman–Crippen LogP) is 2.51. The summed E-state index contributed by atoms with van der Waals surface area (Å²) in [7, 11) is 0. The molecule has 2 aromatic rings. The van der Waals surface area contributed by atoms with Crippen molar-refractivity contribution in [3.8, 4) is 5.75 Å². The van der Waals surface area contributed by atoms with Gasteiger partial charge in [0.2, 0.25) is 5.96 Å². The SMILES string of the molecule is CC1(O)CCN(C(=N)n2cc(O[C@@H]3CC[C@H](N)c4ccccc43)ccc2=N)CC1. The zero-order chi connectivity index (χ0) is 20.6. The molecule has 2 atom stereocenters. The molecule has 1 fully saturated rings. The molecule has 4 rings (SSSR count). The van der Waals surface area contributed by atoms with Gasteiger partial charge < -0.3 is 20.5 Å². The van der Waals surface area contributed by atoms with E-state index in [1.54, 1.807) is 18.3 Å². The molecule has 0 amide bonds. The lowest BCUT2D eigenvalue weighted by atomic mass is 9.86. The van der Waals surface area contributed by atoms with Gasteiger partial charge in [-0.15, -0.1) is 0 Å². The number of aliphatic hydroxyl groups is 1. The van der Waals surface area contributed by atoms with E-state index in [2.05, 4.69) is 12.1 Å². The summed E-state index contributed by atoms with van der Waals surface area (Å²) in [5.74, 6) is 0.868. The molecule has 2 aliphatic rings. The third kappa shape index (κ3) is 4.06. The highest BCUT2D eigenvalue weighted by Gasteiger charge is 2.29. The van der Waals surface area contributed by atoms with E-state index in [-0.39, 0.29) is 23.6 Å². The van der Waals surface area contributed by atoms with Crippen LogP contribution in [0.1, 0.15) is 55.9 Å². The minimum absolute atomic E-state index is 0.0380. The number of ether oxygens (including phenoxy) is 1. The van der Waals surface area contributed by atoms with Gasteiger partial charge in [-0.05, 0) is 55.9 Å². The minimum Gasteiger partial charge on any atom is -0.484 e. The number of piperidine rings is 1. The van der Waals surface area contributed by atoms with Gasteiger partial charge in [-0.3, -0.25) is 15.4 Å². The van der Waals surface area contributed by atoms with E-state index in [0.29, 0.717) is 31.7 Å². The van der Waals surface area contributed by atoms with E-state index >= 15 is 0 Å². The molecule has 0 radical (unpaired) electrons. The fourth-order valence-corrected chi connectivity index (χ4v) is 4.15. The van der Waals surface area contributed by atoms with E-state index in [1.807, 2.05) is 24.0 Å². The molecule has 29 heavy (non-hydrogen) atoms. The van der Waals surface area contributed by atoms with Crippen molar-refractivity contribution in [2.24, 2.45) is 5.73 Å². The molecular weight excluding hydrogens is 366 g/mol. The fourth-order valence-electron chi connectivity index (χ4n) is 4.15. The third-order valence-corrected chi connectivity index (χ3v) is 6.05. The Balaban J connectivity index is 1.54. The van der Waals surface area contributed by atoms with E-state index in [0.717, 1.165) is 24.0 Å². The van der Waals surface area contributed by atoms with Gasteiger partial charge in [0.1, 0.15) is 17.3 Å². The van der Waals surface area contributed by atoms with Gasteiger partial charge in [0.05, 0.1) is 11.8 Å². The number of benzene rings is 1. The first-order valence-corrected chi connectivity index (χ1v) is 10.2. The van der Waals surface area contributed by atoms with Gasteiger partial charge in [-0.1, -0.05) is 24.3 Å². The summed E-state index contributed by atoms with van der Waals surface area (Å²) in [5.41, 5.74) is 8.04.